The van der Waals surface area contributed by atoms with Gasteiger partial charge in [-0.2, -0.15) is 0 Å². The number of hydrogen-bond donors (Lipinski definition) is 1. The van der Waals surface area contributed by atoms with Crippen molar-refractivity contribution in [3.8, 4) is 0 Å². The van der Waals surface area contributed by atoms with Gasteiger partial charge in [0.25, 0.3) is 0 Å². The van der Waals surface area contributed by atoms with E-state index in [4.69, 9.17) is 0 Å². The highest BCUT2D eigenvalue weighted by Crippen LogP contribution is 2.64. The molecule has 0 amide bonds. The Kier molecular flexibility index (Phi) is 4.89. The van der Waals surface area contributed by atoms with Gasteiger partial charge in [0.05, 0.1) is 10.9 Å². The van der Waals surface area contributed by atoms with Crippen molar-refractivity contribution in [2.24, 2.45) is 40.9 Å². The van der Waals surface area contributed by atoms with E-state index in [1.54, 1.807) is 0 Å². The molecule has 1 N–H and O–H groups in total. The van der Waals surface area contributed by atoms with Gasteiger partial charge in [0.15, 0.2) is 0 Å². The van der Waals surface area contributed by atoms with Crippen molar-refractivity contribution in [2.45, 2.75) is 83.7 Å². The van der Waals surface area contributed by atoms with E-state index in [0.717, 1.165) is 48.9 Å². The van der Waals surface area contributed by atoms with Gasteiger partial charge in [0, 0.05) is 5.92 Å². The van der Waals surface area contributed by atoms with E-state index in [-0.39, 0.29) is 5.41 Å². The van der Waals surface area contributed by atoms with Gasteiger partial charge in [0.1, 0.15) is 5.78 Å². The Morgan fingerprint density at radius 3 is 2.40 bits per heavy atom. The maximum atomic E-state index is 12.5. The predicted molar refractivity (Wildman–Crippen MR) is 105 cm³/mol. The smallest absolute Gasteiger partial charge is 0.147 e. The lowest BCUT2D eigenvalue weighted by atomic mass is 9.50. The molecule has 8 atom stereocenters. The molecule has 0 aliphatic heterocycles. The summed E-state index contributed by atoms with van der Waals surface area (Å²) in [4.78, 5) is 12.5. The molecule has 0 bridgehead atoms. The minimum Gasteiger partial charge on any atom is -0.390 e. The quantitative estimate of drug-likeness (QED) is 0.621. The van der Waals surface area contributed by atoms with Crippen molar-refractivity contribution in [3.05, 3.63) is 0 Å². The number of carbonyl (C=O) groups is 1. The molecule has 4 saturated carbocycles. The molecule has 0 heterocycles. The minimum atomic E-state index is -0.434. The molecule has 0 spiro atoms. The fourth-order valence-corrected chi connectivity index (χ4v) is 8.15. The van der Waals surface area contributed by atoms with Crippen LogP contribution in [0.1, 0.15) is 78.1 Å². The van der Waals surface area contributed by atoms with Crippen LogP contribution >= 0.6 is 15.9 Å². The Bertz CT molecular complexity index is 530. The lowest BCUT2D eigenvalue weighted by molar-refractivity contribution is -0.127. The first-order valence-corrected chi connectivity index (χ1v) is 11.8. The van der Waals surface area contributed by atoms with Crippen molar-refractivity contribution >= 4 is 21.7 Å². The van der Waals surface area contributed by atoms with Gasteiger partial charge in [-0.1, -0.05) is 22.9 Å². The lowest BCUT2D eigenvalue weighted by Gasteiger charge is -2.54. The Balaban J connectivity index is 1.55. The average molecular weight is 411 g/mol. The maximum Gasteiger partial charge on any atom is 0.147 e. The van der Waals surface area contributed by atoms with Gasteiger partial charge in [-0.15, -0.1) is 0 Å². The number of rotatable bonds is 2. The van der Waals surface area contributed by atoms with E-state index in [9.17, 15) is 9.90 Å². The van der Waals surface area contributed by atoms with Crippen LogP contribution in [0.2, 0.25) is 0 Å². The van der Waals surface area contributed by atoms with Crippen LogP contribution in [0.5, 0.6) is 0 Å². The highest BCUT2D eigenvalue weighted by Gasteiger charge is 2.58. The summed E-state index contributed by atoms with van der Waals surface area (Å²) in [7, 11) is 0. The summed E-state index contributed by atoms with van der Waals surface area (Å²) in [6.07, 6.45) is 12.2. The zero-order valence-electron chi connectivity index (χ0n) is 16.0. The van der Waals surface area contributed by atoms with E-state index in [2.05, 4.69) is 22.9 Å². The number of aliphatic hydroxyl groups is 1. The second kappa shape index (κ2) is 6.62. The number of fused-ring (bicyclic) bond motifs is 5. The molecular weight excluding hydrogens is 376 g/mol. The Morgan fingerprint density at radius 1 is 0.920 bits per heavy atom. The summed E-state index contributed by atoms with van der Waals surface area (Å²) in [5.74, 6) is 4.90. The third kappa shape index (κ3) is 3.06. The highest BCUT2D eigenvalue weighted by atomic mass is 79.9. The van der Waals surface area contributed by atoms with E-state index < -0.39 is 5.60 Å². The van der Waals surface area contributed by atoms with Crippen LogP contribution in [-0.2, 0) is 4.79 Å². The summed E-state index contributed by atoms with van der Waals surface area (Å²) in [6.45, 7) is 4.49. The van der Waals surface area contributed by atoms with Gasteiger partial charge in [-0.25, -0.2) is 0 Å². The summed E-state index contributed by atoms with van der Waals surface area (Å²) < 4.78 is 0. The molecule has 4 fully saturated rings. The van der Waals surface area contributed by atoms with Gasteiger partial charge in [-0.3, -0.25) is 4.79 Å². The Hall–Kier alpha value is 0.110. The van der Waals surface area contributed by atoms with Crippen molar-refractivity contribution in [2.75, 3.05) is 5.33 Å². The number of alkyl halides is 1. The fraction of sp³-hybridized carbons (Fsp3) is 0.955. The Morgan fingerprint density at radius 2 is 1.64 bits per heavy atom. The van der Waals surface area contributed by atoms with Crippen LogP contribution in [0, 0.1) is 40.9 Å². The van der Waals surface area contributed by atoms with E-state index in [1.165, 1.54) is 44.9 Å². The zero-order valence-corrected chi connectivity index (χ0v) is 17.6. The molecular formula is C22H35BrO2. The van der Waals surface area contributed by atoms with E-state index in [1.807, 2.05) is 6.92 Å². The zero-order chi connectivity index (χ0) is 17.8. The number of Topliss-reactive ketones (excluding diaryl/α,β-unsaturated/α-hetero) is 1. The topological polar surface area (TPSA) is 37.3 Å². The number of ketones is 1. The molecule has 4 rings (SSSR count). The molecule has 0 unspecified atom stereocenters. The summed E-state index contributed by atoms with van der Waals surface area (Å²) >= 11 is 3.43. The van der Waals surface area contributed by atoms with Gasteiger partial charge < -0.3 is 5.11 Å². The summed E-state index contributed by atoms with van der Waals surface area (Å²) in [6, 6.07) is 0. The fourth-order valence-electron chi connectivity index (χ4n) is 7.76. The lowest BCUT2D eigenvalue weighted by Crippen LogP contribution is -2.48. The van der Waals surface area contributed by atoms with Crippen LogP contribution < -0.4 is 0 Å². The number of halogens is 1. The van der Waals surface area contributed by atoms with Gasteiger partial charge >= 0.3 is 0 Å². The number of hydrogen-bond acceptors (Lipinski definition) is 2. The van der Waals surface area contributed by atoms with Crippen LogP contribution in [-0.4, -0.2) is 21.8 Å². The van der Waals surface area contributed by atoms with Crippen molar-refractivity contribution in [1.29, 1.82) is 0 Å². The third-order valence-electron chi connectivity index (χ3n) is 9.11. The molecule has 0 radical (unpaired) electrons. The molecule has 2 nitrogen and oxygen atoms in total. The SMILES string of the molecule is C[C@]1(O)CC[C@@H]2CC[C@@H]3[C@H](CC[C@]4(C)[C@@H](C(=O)CBr)CC[C@@H]34)[C@H]2CC1. The van der Waals surface area contributed by atoms with Crippen molar-refractivity contribution in [3.63, 3.8) is 0 Å². The minimum absolute atomic E-state index is 0.259. The largest absolute Gasteiger partial charge is 0.390 e. The van der Waals surface area contributed by atoms with Crippen LogP contribution in [0.25, 0.3) is 0 Å². The average Bonchev–Trinajstić information content (AvgIpc) is 2.86. The molecule has 0 aromatic carbocycles. The maximum absolute atomic E-state index is 12.5. The second-order valence-corrected chi connectivity index (χ2v) is 10.8. The molecule has 3 heteroatoms. The summed E-state index contributed by atoms with van der Waals surface area (Å²) in [5, 5.41) is 11.1. The molecule has 4 aliphatic carbocycles. The van der Waals surface area contributed by atoms with E-state index >= 15 is 0 Å². The molecule has 25 heavy (non-hydrogen) atoms. The molecule has 142 valence electrons. The van der Waals surface area contributed by atoms with Gasteiger partial charge in [0.2, 0.25) is 0 Å². The first kappa shape index (κ1) is 18.5. The Labute approximate surface area is 161 Å². The normalized spacial score (nSPS) is 52.6. The van der Waals surface area contributed by atoms with Crippen LogP contribution in [0.15, 0.2) is 0 Å². The predicted octanol–water partition coefficient (Wildman–Crippen LogP) is 5.36. The first-order valence-electron chi connectivity index (χ1n) is 10.7. The van der Waals surface area contributed by atoms with Crippen LogP contribution in [0.3, 0.4) is 0 Å². The van der Waals surface area contributed by atoms with Crippen molar-refractivity contribution in [1.82, 2.24) is 0 Å². The van der Waals surface area contributed by atoms with Crippen molar-refractivity contribution < 1.29 is 9.90 Å². The molecule has 0 saturated heterocycles. The summed E-state index contributed by atoms with van der Waals surface area (Å²) in [5.41, 5.74) is -0.175. The first-order chi connectivity index (χ1) is 11.9. The molecule has 4 aliphatic rings. The molecule has 0 aromatic rings. The highest BCUT2D eigenvalue weighted by molar-refractivity contribution is 9.09. The monoisotopic (exact) mass is 410 g/mol. The third-order valence-corrected chi connectivity index (χ3v) is 9.66. The molecule has 0 aromatic heterocycles. The standard InChI is InChI=1S/C22H35BrO2/c1-21(25)10-7-14-3-4-17-16(15(14)8-11-21)9-12-22(2)18(17)5-6-19(22)20(24)13-23/h14-19,25H,3-13H2,1-2H3/t14-,15-,16+,17+,18-,19+,21-,22-/m0/s1. The second-order valence-electron chi connectivity index (χ2n) is 10.3. The van der Waals surface area contributed by atoms with Gasteiger partial charge in [-0.05, 0) is 106 Å². The number of carbonyl (C=O) groups excluding carboxylic acids is 1. The van der Waals surface area contributed by atoms with Crippen LogP contribution in [0.4, 0.5) is 0 Å². The van der Waals surface area contributed by atoms with E-state index in [0.29, 0.717) is 17.0 Å².